The van der Waals surface area contributed by atoms with Crippen LogP contribution < -0.4 is 4.90 Å². The summed E-state index contributed by atoms with van der Waals surface area (Å²) in [5.74, 6) is -1.61. The smallest absolute Gasteiger partial charge is 0.410 e. The second kappa shape index (κ2) is 13.0. The molecule has 0 bridgehead atoms. The number of ether oxygens (including phenoxy) is 1. The van der Waals surface area contributed by atoms with Gasteiger partial charge in [0.25, 0.3) is 5.91 Å². The van der Waals surface area contributed by atoms with E-state index in [4.69, 9.17) is 4.74 Å². The molecule has 2 aliphatic rings. The van der Waals surface area contributed by atoms with Gasteiger partial charge in [0, 0.05) is 81.0 Å². The zero-order valence-corrected chi connectivity index (χ0v) is 28.5. The summed E-state index contributed by atoms with van der Waals surface area (Å²) >= 11 is 0. The van der Waals surface area contributed by atoms with E-state index in [9.17, 15) is 14.4 Å². The van der Waals surface area contributed by atoms with E-state index in [1.807, 2.05) is 58.6 Å². The van der Waals surface area contributed by atoms with Gasteiger partial charge in [-0.25, -0.2) is 13.6 Å². The highest BCUT2D eigenvalue weighted by Gasteiger charge is 2.32. The standard InChI is InChI=1S/C36H45F2N5O4/c1-21(2)33(44)42-13-9-10-23(20-42)26-17-27(28-18-30(34(45)40(7)8)39-32(28)31(26)38)25-12-11-24(16-29(25)37)41-14-15-43(22(3)19-41)35(46)47-36(4,5)6/h10-12,16-18,21-22,39H,9,13-15,19-20H2,1-8H3/t22-/m0/s1. The van der Waals surface area contributed by atoms with Gasteiger partial charge in [-0.2, -0.15) is 0 Å². The number of nitrogens with zero attached hydrogens (tertiary/aromatic N) is 4. The highest BCUT2D eigenvalue weighted by Crippen LogP contribution is 2.39. The molecule has 1 saturated heterocycles. The van der Waals surface area contributed by atoms with E-state index < -0.39 is 17.2 Å². The summed E-state index contributed by atoms with van der Waals surface area (Å²) in [4.78, 5) is 48.2. The molecule has 5 rings (SSSR count). The van der Waals surface area contributed by atoms with Crippen molar-refractivity contribution in [1.82, 2.24) is 19.7 Å². The first-order valence-corrected chi connectivity index (χ1v) is 16.1. The zero-order valence-electron chi connectivity index (χ0n) is 28.5. The molecule has 9 nitrogen and oxygen atoms in total. The van der Waals surface area contributed by atoms with Crippen molar-refractivity contribution in [2.75, 3.05) is 51.7 Å². The fourth-order valence-corrected chi connectivity index (χ4v) is 6.27. The van der Waals surface area contributed by atoms with E-state index in [-0.39, 0.29) is 58.7 Å². The van der Waals surface area contributed by atoms with E-state index in [1.165, 1.54) is 11.0 Å². The number of H-pyrrole nitrogens is 1. The number of fused-ring (bicyclic) bond motifs is 1. The van der Waals surface area contributed by atoms with Crippen molar-refractivity contribution in [3.05, 3.63) is 59.3 Å². The first kappa shape index (κ1) is 33.9. The Bertz CT molecular complexity index is 1740. The number of halogens is 2. The molecule has 3 heterocycles. The number of carbonyl (C=O) groups is 3. The number of aromatic nitrogens is 1. The molecule has 3 aromatic rings. The van der Waals surface area contributed by atoms with Crippen molar-refractivity contribution in [1.29, 1.82) is 0 Å². The van der Waals surface area contributed by atoms with Crippen molar-refractivity contribution in [3.63, 3.8) is 0 Å². The molecule has 1 aromatic heterocycles. The quantitative estimate of drug-likeness (QED) is 0.340. The summed E-state index contributed by atoms with van der Waals surface area (Å²) in [6, 6.07) is 8.00. The van der Waals surface area contributed by atoms with Gasteiger partial charge < -0.3 is 29.3 Å². The van der Waals surface area contributed by atoms with Gasteiger partial charge in [-0.05, 0) is 75.6 Å². The van der Waals surface area contributed by atoms with Crippen LogP contribution in [0.15, 0.2) is 36.4 Å². The molecule has 252 valence electrons. The topological polar surface area (TPSA) is 89.2 Å². The van der Waals surface area contributed by atoms with Crippen LogP contribution in [0.2, 0.25) is 0 Å². The number of aromatic amines is 1. The Kier molecular flexibility index (Phi) is 9.39. The maximum atomic E-state index is 16.3. The number of benzene rings is 2. The lowest BCUT2D eigenvalue weighted by Crippen LogP contribution is -2.55. The lowest BCUT2D eigenvalue weighted by molar-refractivity contribution is -0.133. The van der Waals surface area contributed by atoms with Crippen LogP contribution in [-0.4, -0.2) is 96.1 Å². The van der Waals surface area contributed by atoms with Crippen LogP contribution in [0.5, 0.6) is 0 Å². The molecule has 0 saturated carbocycles. The first-order chi connectivity index (χ1) is 22.1. The second-order valence-electron chi connectivity index (χ2n) is 14.0. The summed E-state index contributed by atoms with van der Waals surface area (Å²) in [7, 11) is 3.21. The van der Waals surface area contributed by atoms with Crippen molar-refractivity contribution in [2.45, 2.75) is 59.6 Å². The first-order valence-electron chi connectivity index (χ1n) is 16.1. The number of carbonyl (C=O) groups excluding carboxylic acids is 3. The van der Waals surface area contributed by atoms with Crippen LogP contribution in [0, 0.1) is 17.6 Å². The van der Waals surface area contributed by atoms with E-state index in [2.05, 4.69) is 4.98 Å². The molecule has 47 heavy (non-hydrogen) atoms. The lowest BCUT2D eigenvalue weighted by Gasteiger charge is -2.41. The van der Waals surface area contributed by atoms with Crippen LogP contribution in [0.3, 0.4) is 0 Å². The predicted octanol–water partition coefficient (Wildman–Crippen LogP) is 6.53. The summed E-state index contributed by atoms with van der Waals surface area (Å²) in [5.41, 5.74) is 1.94. The van der Waals surface area contributed by atoms with Crippen LogP contribution >= 0.6 is 0 Å². The number of anilines is 1. The Labute approximate surface area is 275 Å². The zero-order chi connectivity index (χ0) is 34.4. The molecular formula is C36H45F2N5O4. The average molecular weight is 650 g/mol. The Balaban J connectivity index is 1.52. The maximum absolute atomic E-state index is 16.3. The minimum atomic E-state index is -0.600. The number of hydrogen-bond donors (Lipinski definition) is 1. The fourth-order valence-electron chi connectivity index (χ4n) is 6.27. The van der Waals surface area contributed by atoms with Crippen LogP contribution in [-0.2, 0) is 9.53 Å². The van der Waals surface area contributed by atoms with Crippen LogP contribution in [0.4, 0.5) is 19.3 Å². The van der Waals surface area contributed by atoms with Gasteiger partial charge in [0.05, 0.1) is 5.52 Å². The number of rotatable bonds is 5. The van der Waals surface area contributed by atoms with Gasteiger partial charge >= 0.3 is 6.09 Å². The van der Waals surface area contributed by atoms with Gasteiger partial charge in [-0.3, -0.25) is 9.59 Å². The largest absolute Gasteiger partial charge is 0.444 e. The Hall–Kier alpha value is -4.41. The molecule has 1 atom stereocenters. The third kappa shape index (κ3) is 6.99. The molecule has 11 heteroatoms. The minimum absolute atomic E-state index is 0.0149. The summed E-state index contributed by atoms with van der Waals surface area (Å²) in [5, 5.41) is 0.384. The molecule has 0 aliphatic carbocycles. The number of piperazine rings is 1. The highest BCUT2D eigenvalue weighted by molar-refractivity contribution is 6.04. The van der Waals surface area contributed by atoms with E-state index in [1.54, 1.807) is 42.1 Å². The van der Waals surface area contributed by atoms with E-state index >= 15 is 8.78 Å². The van der Waals surface area contributed by atoms with Gasteiger partial charge in [0.2, 0.25) is 5.91 Å². The highest BCUT2D eigenvalue weighted by atomic mass is 19.1. The van der Waals surface area contributed by atoms with Crippen molar-refractivity contribution < 1.29 is 27.9 Å². The molecule has 2 aromatic carbocycles. The summed E-state index contributed by atoms with van der Waals surface area (Å²) < 4.78 is 38.0. The monoisotopic (exact) mass is 649 g/mol. The average Bonchev–Trinajstić information content (AvgIpc) is 3.46. The third-order valence-electron chi connectivity index (χ3n) is 8.66. The molecule has 2 aliphatic heterocycles. The SMILES string of the molecule is CC(C)C(=O)N1CCC=C(c2cc(-c3ccc(N4CCN(C(=O)OC(C)(C)C)[C@@H](C)C4)cc3F)c3cc(C(=O)N(C)C)[nH]c3c2F)C1. The number of amides is 3. The molecular weight excluding hydrogens is 604 g/mol. The lowest BCUT2D eigenvalue weighted by atomic mass is 9.92. The second-order valence-corrected chi connectivity index (χ2v) is 14.0. The van der Waals surface area contributed by atoms with Crippen molar-refractivity contribution in [3.8, 4) is 11.1 Å². The molecule has 1 N–H and O–H groups in total. The fraction of sp³-hybridized carbons (Fsp3) is 0.472. The van der Waals surface area contributed by atoms with Crippen molar-refractivity contribution in [2.24, 2.45) is 5.92 Å². The van der Waals surface area contributed by atoms with Gasteiger partial charge in [0.15, 0.2) is 5.82 Å². The molecule has 3 amide bonds. The van der Waals surface area contributed by atoms with Gasteiger partial charge in [0.1, 0.15) is 17.1 Å². The maximum Gasteiger partial charge on any atom is 0.410 e. The Morgan fingerprint density at radius 1 is 1.00 bits per heavy atom. The molecule has 0 radical (unpaired) electrons. The number of hydrogen-bond acceptors (Lipinski definition) is 5. The van der Waals surface area contributed by atoms with Crippen LogP contribution in [0.25, 0.3) is 27.6 Å². The molecule has 0 unspecified atom stereocenters. The predicted molar refractivity (Wildman–Crippen MR) is 180 cm³/mol. The molecule has 1 fully saturated rings. The third-order valence-corrected chi connectivity index (χ3v) is 8.66. The van der Waals surface area contributed by atoms with Crippen LogP contribution in [0.1, 0.15) is 64.0 Å². The minimum Gasteiger partial charge on any atom is -0.444 e. The Morgan fingerprint density at radius 2 is 1.72 bits per heavy atom. The van der Waals surface area contributed by atoms with E-state index in [0.717, 1.165) is 0 Å². The van der Waals surface area contributed by atoms with Gasteiger partial charge in [-0.1, -0.05) is 19.9 Å². The van der Waals surface area contributed by atoms with Crippen molar-refractivity contribution >= 4 is 40.1 Å². The summed E-state index contributed by atoms with van der Waals surface area (Å²) in [6.07, 6.45) is 2.12. The number of nitrogens with one attached hydrogen (secondary N) is 1. The van der Waals surface area contributed by atoms with E-state index in [0.29, 0.717) is 54.8 Å². The van der Waals surface area contributed by atoms with Gasteiger partial charge in [-0.15, -0.1) is 0 Å². The normalized spacial score (nSPS) is 17.3. The summed E-state index contributed by atoms with van der Waals surface area (Å²) in [6.45, 7) is 13.3. The molecule has 0 spiro atoms. The Morgan fingerprint density at radius 3 is 2.34 bits per heavy atom.